The Labute approximate surface area is 201 Å². The molecule has 0 bridgehead atoms. The zero-order valence-corrected chi connectivity index (χ0v) is 19.6. The highest BCUT2D eigenvalue weighted by Crippen LogP contribution is 2.55. The van der Waals surface area contributed by atoms with Crippen LogP contribution >= 0.6 is 7.37 Å². The van der Waals surface area contributed by atoms with Crippen LogP contribution < -0.4 is 10.6 Å². The van der Waals surface area contributed by atoms with Crippen molar-refractivity contribution in [2.24, 2.45) is 0 Å². The van der Waals surface area contributed by atoms with Crippen LogP contribution in [-0.4, -0.2) is 0 Å². The Hall–Kier alpha value is -3.71. The molecule has 0 saturated carbocycles. The van der Waals surface area contributed by atoms with Gasteiger partial charge in [0, 0.05) is 10.6 Å². The van der Waals surface area contributed by atoms with Crippen LogP contribution in [-0.2, 0) is 14.7 Å². The van der Waals surface area contributed by atoms with Crippen molar-refractivity contribution in [2.75, 3.05) is 0 Å². The second-order valence-corrected chi connectivity index (χ2v) is 10.4. The van der Waals surface area contributed by atoms with E-state index in [2.05, 4.69) is 0 Å². The minimum atomic E-state index is -3.54. The topological polar surface area (TPSA) is 26.3 Å². The van der Waals surface area contributed by atoms with E-state index < -0.39 is 13.0 Å². The summed E-state index contributed by atoms with van der Waals surface area (Å²) in [6.07, 6.45) is 0. The van der Waals surface area contributed by atoms with Crippen molar-refractivity contribution in [3.8, 4) is 0 Å². The highest BCUT2D eigenvalue weighted by Gasteiger charge is 2.45. The molecule has 0 aliphatic rings. The molecule has 0 amide bonds. The first-order valence-electron chi connectivity index (χ1n) is 11.3. The molecule has 166 valence electrons. The molecule has 0 aromatic heterocycles. The quantitative estimate of drug-likeness (QED) is 0.195. The van der Waals surface area contributed by atoms with Crippen molar-refractivity contribution >= 4 is 18.0 Å². The fraction of sp³-hybridized carbons (Fsp3) is 0.0323. The van der Waals surface area contributed by atoms with Crippen LogP contribution in [0.3, 0.4) is 0 Å². The van der Waals surface area contributed by atoms with Gasteiger partial charge in [0.25, 0.3) is 7.37 Å². The van der Waals surface area contributed by atoms with Crippen molar-refractivity contribution in [1.29, 1.82) is 0 Å². The van der Waals surface area contributed by atoms with Crippen molar-refractivity contribution in [1.82, 2.24) is 0 Å². The van der Waals surface area contributed by atoms with E-state index in [-0.39, 0.29) is 0 Å². The van der Waals surface area contributed by atoms with Crippen LogP contribution in [0, 0.1) is 0 Å². The summed E-state index contributed by atoms with van der Waals surface area (Å²) in [5.41, 5.74) is 1.66. The summed E-state index contributed by atoms with van der Waals surface area (Å²) in [5.74, 6) is 0. The molecular formula is C31H25O2P. The molecule has 5 aromatic rings. The van der Waals surface area contributed by atoms with E-state index >= 15 is 4.57 Å². The second-order valence-electron chi connectivity index (χ2n) is 8.09. The van der Waals surface area contributed by atoms with Gasteiger partial charge >= 0.3 is 0 Å². The first-order valence-corrected chi connectivity index (χ1v) is 12.9. The van der Waals surface area contributed by atoms with Crippen molar-refractivity contribution < 1.29 is 9.09 Å². The molecule has 0 unspecified atom stereocenters. The molecular weight excluding hydrogens is 435 g/mol. The lowest BCUT2D eigenvalue weighted by molar-refractivity contribution is 0.166. The van der Waals surface area contributed by atoms with E-state index in [0.717, 1.165) is 16.7 Å². The van der Waals surface area contributed by atoms with E-state index in [1.54, 1.807) is 0 Å². The van der Waals surface area contributed by atoms with Crippen LogP contribution in [0.4, 0.5) is 0 Å². The number of hydrogen-bond donors (Lipinski definition) is 0. The second kappa shape index (κ2) is 9.65. The summed E-state index contributed by atoms with van der Waals surface area (Å²) in [7, 11) is -3.54. The molecule has 5 rings (SSSR count). The monoisotopic (exact) mass is 460 g/mol. The first-order chi connectivity index (χ1) is 16.7. The van der Waals surface area contributed by atoms with E-state index in [1.807, 2.05) is 152 Å². The standard InChI is InChI=1S/C31H25O2P/c32-34(29-22-12-4-13-23-29,30-24-14-5-15-25-30)33-31(26-16-6-1-7-17-26,27-18-8-2-9-19-27)28-20-10-3-11-21-28/h1-25H. The smallest absolute Gasteiger partial charge is 0.262 e. The van der Waals surface area contributed by atoms with Crippen molar-refractivity contribution in [2.45, 2.75) is 5.60 Å². The SMILES string of the molecule is O=P(OC(c1ccccc1)(c1ccccc1)c1ccccc1)(c1ccccc1)c1ccccc1. The maximum atomic E-state index is 15.1. The summed E-state index contributed by atoms with van der Waals surface area (Å²) in [4.78, 5) is 0. The molecule has 0 spiro atoms. The number of rotatable bonds is 7. The predicted molar refractivity (Wildman–Crippen MR) is 140 cm³/mol. The fourth-order valence-electron chi connectivity index (χ4n) is 4.37. The summed E-state index contributed by atoms with van der Waals surface area (Å²) in [5, 5.41) is 1.32. The zero-order chi connectivity index (χ0) is 23.3. The maximum absolute atomic E-state index is 15.1. The molecule has 0 saturated heterocycles. The molecule has 0 aliphatic carbocycles. The van der Waals surface area contributed by atoms with Gasteiger partial charge in [0.15, 0.2) is 5.60 Å². The van der Waals surface area contributed by atoms with E-state index in [1.165, 1.54) is 0 Å². The Morgan fingerprint density at radius 3 is 0.971 bits per heavy atom. The Bertz CT molecular complexity index is 1230. The third kappa shape index (κ3) is 4.03. The van der Waals surface area contributed by atoms with Crippen molar-refractivity contribution in [3.63, 3.8) is 0 Å². The summed E-state index contributed by atoms with van der Waals surface area (Å²) < 4.78 is 22.2. The number of hydrogen-bond acceptors (Lipinski definition) is 2. The lowest BCUT2D eigenvalue weighted by atomic mass is 9.80. The minimum Gasteiger partial charge on any atom is -0.301 e. The van der Waals surface area contributed by atoms with Gasteiger partial charge in [-0.05, 0) is 41.0 Å². The van der Waals surface area contributed by atoms with E-state index in [9.17, 15) is 0 Å². The van der Waals surface area contributed by atoms with Crippen LogP contribution in [0.25, 0.3) is 0 Å². The molecule has 0 N–H and O–H groups in total. The fourth-order valence-corrected chi connectivity index (χ4v) is 6.71. The highest BCUT2D eigenvalue weighted by molar-refractivity contribution is 7.74. The molecule has 34 heavy (non-hydrogen) atoms. The molecule has 3 heteroatoms. The normalized spacial score (nSPS) is 11.8. The average Bonchev–Trinajstić information content (AvgIpc) is 2.94. The van der Waals surface area contributed by atoms with E-state index in [0.29, 0.717) is 10.6 Å². The molecule has 0 fully saturated rings. The minimum absolute atomic E-state index is 0.661. The van der Waals surface area contributed by atoms with Gasteiger partial charge in [0.1, 0.15) is 0 Å². The molecule has 0 aliphatic heterocycles. The van der Waals surface area contributed by atoms with Gasteiger partial charge in [-0.1, -0.05) is 127 Å². The van der Waals surface area contributed by atoms with Crippen LogP contribution in [0.5, 0.6) is 0 Å². The zero-order valence-electron chi connectivity index (χ0n) is 18.7. The predicted octanol–water partition coefficient (Wildman–Crippen LogP) is 6.92. The van der Waals surface area contributed by atoms with Crippen LogP contribution in [0.2, 0.25) is 0 Å². The molecule has 0 heterocycles. The lowest BCUT2D eigenvalue weighted by Crippen LogP contribution is -2.35. The summed E-state index contributed by atoms with van der Waals surface area (Å²) in [6, 6.07) is 49.2. The lowest BCUT2D eigenvalue weighted by Gasteiger charge is -2.39. The van der Waals surface area contributed by atoms with Crippen LogP contribution in [0.1, 0.15) is 16.7 Å². The maximum Gasteiger partial charge on any atom is 0.262 e. The summed E-state index contributed by atoms with van der Waals surface area (Å²) in [6.45, 7) is 0. The third-order valence-corrected chi connectivity index (χ3v) is 8.49. The molecule has 5 aromatic carbocycles. The molecule has 2 nitrogen and oxygen atoms in total. The largest absolute Gasteiger partial charge is 0.301 e. The Morgan fingerprint density at radius 2 is 0.676 bits per heavy atom. The Kier molecular flexibility index (Phi) is 6.27. The first kappa shape index (κ1) is 22.1. The Balaban J connectivity index is 1.84. The van der Waals surface area contributed by atoms with Gasteiger partial charge in [0.05, 0.1) is 0 Å². The van der Waals surface area contributed by atoms with Crippen molar-refractivity contribution in [3.05, 3.63) is 168 Å². The number of benzene rings is 5. The van der Waals surface area contributed by atoms with Gasteiger partial charge in [0.2, 0.25) is 0 Å². The van der Waals surface area contributed by atoms with Gasteiger partial charge in [-0.15, -0.1) is 0 Å². The third-order valence-electron chi connectivity index (χ3n) is 6.00. The van der Waals surface area contributed by atoms with Gasteiger partial charge in [-0.25, -0.2) is 0 Å². The Morgan fingerprint density at radius 1 is 0.412 bits per heavy atom. The van der Waals surface area contributed by atoms with Gasteiger partial charge < -0.3 is 4.52 Å². The van der Waals surface area contributed by atoms with Crippen LogP contribution in [0.15, 0.2) is 152 Å². The van der Waals surface area contributed by atoms with Gasteiger partial charge in [-0.2, -0.15) is 0 Å². The van der Waals surface area contributed by atoms with E-state index in [4.69, 9.17) is 4.52 Å². The summed E-state index contributed by atoms with van der Waals surface area (Å²) >= 11 is 0. The molecule has 0 radical (unpaired) electrons. The molecule has 0 atom stereocenters. The average molecular weight is 461 g/mol. The van der Waals surface area contributed by atoms with Gasteiger partial charge in [-0.3, -0.25) is 4.57 Å². The highest BCUT2D eigenvalue weighted by atomic mass is 31.2.